The lowest BCUT2D eigenvalue weighted by Crippen LogP contribution is -2.38. The molecule has 0 aliphatic carbocycles. The second-order valence-electron chi connectivity index (χ2n) is 6.88. The molecule has 3 amide bonds. The number of benzene rings is 2. The van der Waals surface area contributed by atoms with Crippen LogP contribution in [-0.2, 0) is 25.5 Å². The van der Waals surface area contributed by atoms with E-state index >= 15 is 0 Å². The van der Waals surface area contributed by atoms with Crippen LogP contribution in [0.25, 0.3) is 0 Å². The predicted octanol–water partition coefficient (Wildman–Crippen LogP) is 3.65. The summed E-state index contributed by atoms with van der Waals surface area (Å²) in [5.41, 5.74) is 0.636. The van der Waals surface area contributed by atoms with E-state index in [0.717, 1.165) is 0 Å². The largest absolute Gasteiger partial charge is 0.606 e. The molecule has 0 aliphatic heterocycles. The fraction of sp³-hybridized carbons (Fsp3) is 0.273. The van der Waals surface area contributed by atoms with Gasteiger partial charge in [-0.2, -0.15) is 4.99 Å². The third-order valence-electron chi connectivity index (χ3n) is 3.83. The zero-order chi connectivity index (χ0) is 23.7. The van der Waals surface area contributed by atoms with Gasteiger partial charge in [-0.25, -0.2) is 4.79 Å². The third kappa shape index (κ3) is 7.71. The summed E-state index contributed by atoms with van der Waals surface area (Å²) in [4.78, 5) is 40.5. The summed E-state index contributed by atoms with van der Waals surface area (Å²) in [5.74, 6) is -1.00. The van der Waals surface area contributed by atoms with Crippen molar-refractivity contribution in [1.29, 1.82) is 0 Å². The number of ether oxygens (including phenoxy) is 1. The van der Waals surface area contributed by atoms with Gasteiger partial charge in [0.05, 0.1) is 17.5 Å². The fourth-order valence-electron chi connectivity index (χ4n) is 2.48. The van der Waals surface area contributed by atoms with E-state index in [9.17, 15) is 18.9 Å². The highest BCUT2D eigenvalue weighted by Crippen LogP contribution is 2.29. The minimum atomic E-state index is -1.50. The number of hydrogen-bond donors (Lipinski definition) is 3. The Morgan fingerprint density at radius 2 is 1.72 bits per heavy atom. The monoisotopic (exact) mass is 458 g/mol. The molecule has 0 saturated carbocycles. The van der Waals surface area contributed by atoms with Gasteiger partial charge in [0, 0.05) is 30.6 Å². The number of hydrogen-bond acceptors (Lipinski definition) is 5. The van der Waals surface area contributed by atoms with Crippen LogP contribution in [0.3, 0.4) is 0 Å². The number of alkyl carbamates (subject to hydrolysis) is 1. The van der Waals surface area contributed by atoms with Crippen LogP contribution < -0.4 is 16.0 Å². The van der Waals surface area contributed by atoms with Gasteiger partial charge in [0.25, 0.3) is 0 Å². The maximum atomic E-state index is 13.0. The summed E-state index contributed by atoms with van der Waals surface area (Å²) in [5, 5.41) is 7.88. The molecular formula is C22H26N4O5S. The van der Waals surface area contributed by atoms with Crippen molar-refractivity contribution >= 4 is 46.4 Å². The van der Waals surface area contributed by atoms with Crippen molar-refractivity contribution in [3.8, 4) is 0 Å². The number of anilines is 2. The van der Waals surface area contributed by atoms with Crippen molar-refractivity contribution in [2.75, 3.05) is 10.6 Å². The molecule has 0 heterocycles. The number of rotatable bonds is 6. The minimum absolute atomic E-state index is 0.114. The standard InChI is InChI=1S/C22H26N4O5S/c1-5-20(28)25-21(26-22(29)31-14(2)3)24-19-13-17(11-12-18(19)23-15(4)27)32(30)16-9-7-6-8-10-16/h6-14H,5H2,1-4H3,(H,23,27)(H2,24,25,26,28,29). The van der Waals surface area contributed by atoms with Crippen LogP contribution in [0.15, 0.2) is 63.3 Å². The molecule has 2 aromatic carbocycles. The molecule has 32 heavy (non-hydrogen) atoms. The highest BCUT2D eigenvalue weighted by Gasteiger charge is 2.19. The van der Waals surface area contributed by atoms with E-state index < -0.39 is 23.2 Å². The van der Waals surface area contributed by atoms with E-state index in [0.29, 0.717) is 15.5 Å². The minimum Gasteiger partial charge on any atom is -0.606 e. The van der Waals surface area contributed by atoms with Gasteiger partial charge in [-0.1, -0.05) is 25.1 Å². The average molecular weight is 459 g/mol. The highest BCUT2D eigenvalue weighted by molar-refractivity contribution is 7.91. The maximum Gasteiger partial charge on any atom is 0.414 e. The maximum absolute atomic E-state index is 13.0. The first-order chi connectivity index (χ1) is 15.2. The molecule has 9 nitrogen and oxygen atoms in total. The number of amides is 3. The number of aliphatic imine (C=N–C) groups is 1. The van der Waals surface area contributed by atoms with Crippen molar-refractivity contribution in [2.45, 2.75) is 50.0 Å². The van der Waals surface area contributed by atoms with Crippen molar-refractivity contribution in [3.05, 3.63) is 48.5 Å². The number of guanidine groups is 1. The second-order valence-corrected chi connectivity index (χ2v) is 8.36. The van der Waals surface area contributed by atoms with Gasteiger partial charge < -0.3 is 19.9 Å². The average Bonchev–Trinajstić information content (AvgIpc) is 2.73. The zero-order valence-electron chi connectivity index (χ0n) is 18.3. The molecule has 0 aliphatic rings. The Hall–Kier alpha value is -3.37. The molecule has 1 atom stereocenters. The van der Waals surface area contributed by atoms with E-state index in [4.69, 9.17) is 4.74 Å². The third-order valence-corrected chi connectivity index (χ3v) is 5.21. The molecular weight excluding hydrogens is 432 g/mol. The van der Waals surface area contributed by atoms with E-state index in [1.54, 1.807) is 63.2 Å². The SMILES string of the molecule is CCC(=O)N=C(NC(=O)OC(C)C)Nc1cc([S+]([O-])c2ccccc2)ccc1NC(C)=O. The molecule has 1 unspecified atom stereocenters. The molecule has 0 saturated heterocycles. The summed E-state index contributed by atoms with van der Waals surface area (Å²) in [6.07, 6.45) is -1.08. The normalized spacial score (nSPS) is 12.1. The van der Waals surface area contributed by atoms with Crippen molar-refractivity contribution in [1.82, 2.24) is 5.32 Å². The van der Waals surface area contributed by atoms with Crippen LogP contribution in [0.4, 0.5) is 16.2 Å². The van der Waals surface area contributed by atoms with E-state index in [2.05, 4.69) is 20.9 Å². The summed E-state index contributed by atoms with van der Waals surface area (Å²) in [6, 6.07) is 13.6. The van der Waals surface area contributed by atoms with E-state index in [-0.39, 0.29) is 30.1 Å². The van der Waals surface area contributed by atoms with Gasteiger partial charge in [0.15, 0.2) is 9.79 Å². The van der Waals surface area contributed by atoms with Crippen LogP contribution in [0.2, 0.25) is 0 Å². The molecule has 10 heteroatoms. The van der Waals surface area contributed by atoms with Gasteiger partial charge in [-0.05, 0) is 38.1 Å². The smallest absolute Gasteiger partial charge is 0.414 e. The molecule has 3 N–H and O–H groups in total. The Labute approximate surface area is 189 Å². The number of carbonyl (C=O) groups excluding carboxylic acids is 3. The Bertz CT molecular complexity index is 995. The highest BCUT2D eigenvalue weighted by atomic mass is 32.2. The van der Waals surface area contributed by atoms with Crippen molar-refractivity contribution in [2.24, 2.45) is 4.99 Å². The summed E-state index contributed by atoms with van der Waals surface area (Å²) in [6.45, 7) is 6.33. The van der Waals surface area contributed by atoms with Gasteiger partial charge in [0.2, 0.25) is 17.8 Å². The summed E-state index contributed by atoms with van der Waals surface area (Å²) < 4.78 is 18.0. The van der Waals surface area contributed by atoms with Crippen LogP contribution in [-0.4, -0.2) is 34.5 Å². The molecule has 0 bridgehead atoms. The molecule has 0 radical (unpaired) electrons. The lowest BCUT2D eigenvalue weighted by molar-refractivity contribution is -0.117. The number of nitrogens with one attached hydrogen (secondary N) is 3. The van der Waals surface area contributed by atoms with E-state index in [1.165, 1.54) is 6.92 Å². The Kier molecular flexibility index (Phi) is 9.23. The predicted molar refractivity (Wildman–Crippen MR) is 123 cm³/mol. The number of nitrogens with zero attached hydrogens (tertiary/aromatic N) is 1. The molecule has 0 fully saturated rings. The van der Waals surface area contributed by atoms with E-state index in [1.807, 2.05) is 6.07 Å². The Morgan fingerprint density at radius 3 is 2.31 bits per heavy atom. The summed E-state index contributed by atoms with van der Waals surface area (Å²) >= 11 is -1.50. The molecule has 170 valence electrons. The molecule has 0 aromatic heterocycles. The first-order valence-electron chi connectivity index (χ1n) is 9.94. The Morgan fingerprint density at radius 1 is 1.03 bits per heavy atom. The Balaban J connectivity index is 2.42. The number of carbonyl (C=O) groups is 3. The van der Waals surface area contributed by atoms with Crippen molar-refractivity contribution in [3.63, 3.8) is 0 Å². The fourth-order valence-corrected chi connectivity index (χ4v) is 3.57. The topological polar surface area (TPSA) is 132 Å². The first-order valence-corrected chi connectivity index (χ1v) is 11.1. The van der Waals surface area contributed by atoms with Crippen molar-refractivity contribution < 1.29 is 23.7 Å². The molecule has 2 rings (SSSR count). The van der Waals surface area contributed by atoms with Crippen LogP contribution in [0.1, 0.15) is 34.1 Å². The molecule has 2 aromatic rings. The van der Waals surface area contributed by atoms with Crippen LogP contribution in [0, 0.1) is 0 Å². The van der Waals surface area contributed by atoms with Crippen LogP contribution in [0.5, 0.6) is 0 Å². The lowest BCUT2D eigenvalue weighted by atomic mass is 10.2. The van der Waals surface area contributed by atoms with Gasteiger partial charge >= 0.3 is 6.09 Å². The zero-order valence-corrected chi connectivity index (χ0v) is 19.1. The molecule has 0 spiro atoms. The second kappa shape index (κ2) is 11.9. The first kappa shape index (κ1) is 24.9. The quantitative estimate of drug-likeness (QED) is 0.344. The van der Waals surface area contributed by atoms with Gasteiger partial charge in [-0.15, -0.1) is 0 Å². The van der Waals surface area contributed by atoms with Gasteiger partial charge in [-0.3, -0.25) is 14.9 Å². The van der Waals surface area contributed by atoms with Crippen LogP contribution >= 0.6 is 0 Å². The summed E-state index contributed by atoms with van der Waals surface area (Å²) in [7, 11) is 0. The van der Waals surface area contributed by atoms with Gasteiger partial charge in [0.1, 0.15) is 0 Å². The lowest BCUT2D eigenvalue weighted by Gasteiger charge is -2.17.